The summed E-state index contributed by atoms with van der Waals surface area (Å²) in [6, 6.07) is 2.87. The first-order valence-electron chi connectivity index (χ1n) is 8.22. The van der Waals surface area contributed by atoms with Crippen molar-refractivity contribution in [3.8, 4) is 0 Å². The minimum atomic E-state index is 0.166. The van der Waals surface area contributed by atoms with Crippen molar-refractivity contribution in [2.75, 3.05) is 13.1 Å². The predicted octanol–water partition coefficient (Wildman–Crippen LogP) is 2.64. The minimum Gasteiger partial charge on any atom is -0.345 e. The van der Waals surface area contributed by atoms with Gasteiger partial charge < -0.3 is 15.2 Å². The van der Waals surface area contributed by atoms with Crippen LogP contribution in [0.5, 0.6) is 0 Å². The van der Waals surface area contributed by atoms with E-state index in [1.54, 1.807) is 0 Å². The first kappa shape index (κ1) is 14.6. The molecule has 4 heteroatoms. The van der Waals surface area contributed by atoms with E-state index in [0.29, 0.717) is 12.0 Å². The van der Waals surface area contributed by atoms with E-state index in [1.165, 1.54) is 18.5 Å². The summed E-state index contributed by atoms with van der Waals surface area (Å²) in [7, 11) is 0. The number of nitrogens with zero attached hydrogens (tertiary/aromatic N) is 2. The van der Waals surface area contributed by atoms with E-state index in [2.05, 4.69) is 31.4 Å². The first-order chi connectivity index (χ1) is 9.99. The van der Waals surface area contributed by atoms with E-state index in [-0.39, 0.29) is 11.9 Å². The number of aryl methyl sites for hydroxylation is 1. The molecule has 2 heterocycles. The largest absolute Gasteiger partial charge is 0.345 e. The number of rotatable bonds is 3. The summed E-state index contributed by atoms with van der Waals surface area (Å²) < 4.78 is 2.35. The molecule has 1 aliphatic heterocycles. The summed E-state index contributed by atoms with van der Waals surface area (Å²) in [5, 5.41) is 0. The van der Waals surface area contributed by atoms with Crippen LogP contribution in [0.3, 0.4) is 0 Å². The van der Waals surface area contributed by atoms with Crippen molar-refractivity contribution < 1.29 is 4.79 Å². The smallest absolute Gasteiger partial charge is 0.255 e. The molecular formula is C17H27N3O. The second-order valence-corrected chi connectivity index (χ2v) is 6.90. The number of carbonyl (C=O) groups is 1. The van der Waals surface area contributed by atoms with Crippen molar-refractivity contribution >= 4 is 5.91 Å². The maximum atomic E-state index is 12.9. The highest BCUT2D eigenvalue weighted by Crippen LogP contribution is 2.38. The van der Waals surface area contributed by atoms with Gasteiger partial charge in [-0.2, -0.15) is 0 Å². The highest BCUT2D eigenvalue weighted by molar-refractivity contribution is 5.95. The molecule has 21 heavy (non-hydrogen) atoms. The van der Waals surface area contributed by atoms with Gasteiger partial charge in [0, 0.05) is 36.6 Å². The summed E-state index contributed by atoms with van der Waals surface area (Å²) in [6.07, 6.45) is 4.71. The third-order valence-corrected chi connectivity index (χ3v) is 5.12. The van der Waals surface area contributed by atoms with E-state index < -0.39 is 0 Å². The van der Waals surface area contributed by atoms with Crippen LogP contribution in [0.25, 0.3) is 0 Å². The molecular weight excluding hydrogens is 262 g/mol. The Bertz CT molecular complexity index is 542. The third kappa shape index (κ3) is 2.73. The van der Waals surface area contributed by atoms with Crippen molar-refractivity contribution in [2.24, 2.45) is 11.7 Å². The average molecular weight is 289 g/mol. The van der Waals surface area contributed by atoms with Gasteiger partial charge in [0.15, 0.2) is 0 Å². The maximum absolute atomic E-state index is 12.9. The van der Waals surface area contributed by atoms with Gasteiger partial charge >= 0.3 is 0 Å². The highest BCUT2D eigenvalue weighted by atomic mass is 16.2. The number of nitrogens with two attached hydrogens (primary N) is 1. The lowest BCUT2D eigenvalue weighted by Gasteiger charge is -2.34. The maximum Gasteiger partial charge on any atom is 0.255 e. The van der Waals surface area contributed by atoms with E-state index in [1.807, 2.05) is 4.90 Å². The van der Waals surface area contributed by atoms with Crippen LogP contribution in [0.15, 0.2) is 6.07 Å². The molecule has 116 valence electrons. The fourth-order valence-electron chi connectivity index (χ4n) is 3.68. The number of hydrogen-bond donors (Lipinski definition) is 1. The van der Waals surface area contributed by atoms with Gasteiger partial charge in [-0.05, 0) is 58.4 Å². The number of piperidine rings is 1. The molecule has 1 aliphatic carbocycles. The Morgan fingerprint density at radius 1 is 1.33 bits per heavy atom. The molecule has 0 aromatic carbocycles. The number of aromatic nitrogens is 1. The lowest BCUT2D eigenvalue weighted by atomic mass is 9.92. The Kier molecular flexibility index (Phi) is 3.82. The topological polar surface area (TPSA) is 51.3 Å². The van der Waals surface area contributed by atoms with Crippen LogP contribution in [0.2, 0.25) is 0 Å². The zero-order valence-corrected chi connectivity index (χ0v) is 13.4. The van der Waals surface area contributed by atoms with Gasteiger partial charge in [0.2, 0.25) is 0 Å². The van der Waals surface area contributed by atoms with Gasteiger partial charge in [-0.25, -0.2) is 0 Å². The number of amides is 1. The molecule has 2 unspecified atom stereocenters. The van der Waals surface area contributed by atoms with Crippen molar-refractivity contribution in [3.63, 3.8) is 0 Å². The Morgan fingerprint density at radius 2 is 2.05 bits per heavy atom. The van der Waals surface area contributed by atoms with Crippen LogP contribution in [-0.2, 0) is 0 Å². The van der Waals surface area contributed by atoms with Crippen LogP contribution in [-0.4, -0.2) is 34.5 Å². The highest BCUT2D eigenvalue weighted by Gasteiger charge is 2.31. The van der Waals surface area contributed by atoms with E-state index in [4.69, 9.17) is 5.73 Å². The molecule has 1 saturated carbocycles. The zero-order valence-electron chi connectivity index (χ0n) is 13.4. The van der Waals surface area contributed by atoms with Crippen LogP contribution < -0.4 is 5.73 Å². The molecule has 1 aromatic rings. The molecule has 0 bridgehead atoms. The summed E-state index contributed by atoms with van der Waals surface area (Å²) in [6.45, 7) is 7.94. The van der Waals surface area contributed by atoms with E-state index >= 15 is 0 Å². The van der Waals surface area contributed by atoms with Gasteiger partial charge in [0.25, 0.3) is 5.91 Å². The number of hydrogen-bond acceptors (Lipinski definition) is 2. The molecule has 1 aromatic heterocycles. The second kappa shape index (κ2) is 5.48. The average Bonchev–Trinajstić information content (AvgIpc) is 3.24. The molecule has 0 spiro atoms. The quantitative estimate of drug-likeness (QED) is 0.930. The summed E-state index contributed by atoms with van der Waals surface area (Å²) in [4.78, 5) is 14.9. The Hall–Kier alpha value is -1.29. The molecule has 2 aliphatic rings. The lowest BCUT2D eigenvalue weighted by molar-refractivity contribution is 0.0660. The molecule has 2 atom stereocenters. The molecule has 2 fully saturated rings. The van der Waals surface area contributed by atoms with Crippen LogP contribution in [0.1, 0.15) is 60.4 Å². The van der Waals surface area contributed by atoms with Crippen LogP contribution in [0, 0.1) is 19.8 Å². The van der Waals surface area contributed by atoms with E-state index in [0.717, 1.165) is 37.2 Å². The molecule has 2 N–H and O–H groups in total. The second-order valence-electron chi connectivity index (χ2n) is 6.90. The van der Waals surface area contributed by atoms with Gasteiger partial charge in [-0.3, -0.25) is 4.79 Å². The number of carbonyl (C=O) groups excluding carboxylic acids is 1. The molecule has 4 nitrogen and oxygen atoms in total. The summed E-state index contributed by atoms with van der Waals surface area (Å²) in [5.74, 6) is 0.634. The fourth-order valence-corrected chi connectivity index (χ4v) is 3.68. The molecule has 1 amide bonds. The van der Waals surface area contributed by atoms with Crippen molar-refractivity contribution in [1.29, 1.82) is 0 Å². The minimum absolute atomic E-state index is 0.166. The standard InChI is InChI=1S/C17H27N3O/c1-11-9-16(13(3)20(11)15-6-7-15)17(21)19-8-4-5-14(10-19)12(2)18/h9,12,14-15H,4-8,10,18H2,1-3H3. The van der Waals surface area contributed by atoms with Crippen molar-refractivity contribution in [3.05, 3.63) is 23.0 Å². The van der Waals surface area contributed by atoms with Crippen LogP contribution >= 0.6 is 0 Å². The van der Waals surface area contributed by atoms with Crippen molar-refractivity contribution in [2.45, 2.75) is 58.5 Å². The monoisotopic (exact) mass is 289 g/mol. The van der Waals surface area contributed by atoms with Gasteiger partial charge in [-0.1, -0.05) is 0 Å². The van der Waals surface area contributed by atoms with Gasteiger partial charge in [0.1, 0.15) is 0 Å². The van der Waals surface area contributed by atoms with Gasteiger partial charge in [-0.15, -0.1) is 0 Å². The lowest BCUT2D eigenvalue weighted by Crippen LogP contribution is -2.45. The fraction of sp³-hybridized carbons (Fsp3) is 0.706. The zero-order chi connectivity index (χ0) is 15.1. The van der Waals surface area contributed by atoms with Gasteiger partial charge in [0.05, 0.1) is 5.56 Å². The molecule has 1 saturated heterocycles. The Morgan fingerprint density at radius 3 is 2.67 bits per heavy atom. The Labute approximate surface area is 127 Å². The number of likely N-dealkylation sites (tertiary alicyclic amines) is 1. The normalized spacial score (nSPS) is 24.2. The summed E-state index contributed by atoms with van der Waals surface area (Å²) in [5.41, 5.74) is 9.29. The third-order valence-electron chi connectivity index (χ3n) is 5.12. The Balaban J connectivity index is 1.80. The molecule has 3 rings (SSSR count). The van der Waals surface area contributed by atoms with E-state index in [9.17, 15) is 4.79 Å². The molecule has 0 radical (unpaired) electrons. The van der Waals surface area contributed by atoms with Crippen LogP contribution in [0.4, 0.5) is 0 Å². The SMILES string of the molecule is Cc1cc(C(=O)N2CCCC(C(C)N)C2)c(C)n1C1CC1. The summed E-state index contributed by atoms with van der Waals surface area (Å²) >= 11 is 0. The van der Waals surface area contributed by atoms with Crippen molar-refractivity contribution in [1.82, 2.24) is 9.47 Å². The predicted molar refractivity (Wildman–Crippen MR) is 84.5 cm³/mol. The first-order valence-corrected chi connectivity index (χ1v) is 8.22.